The van der Waals surface area contributed by atoms with Crippen molar-refractivity contribution in [3.05, 3.63) is 88.2 Å². The number of benzene rings is 1. The minimum absolute atomic E-state index is 0.0899. The maximum absolute atomic E-state index is 13.8. The molecule has 0 saturated carbocycles. The smallest absolute Gasteiger partial charge is 0.366 e. The van der Waals surface area contributed by atoms with Gasteiger partial charge in [0.1, 0.15) is 5.82 Å². The molecule has 2 amide bonds. The topological polar surface area (TPSA) is 120 Å². The van der Waals surface area contributed by atoms with E-state index >= 15 is 0 Å². The molecule has 0 atom stereocenters. The second-order valence-electron chi connectivity index (χ2n) is 8.64. The van der Waals surface area contributed by atoms with Gasteiger partial charge in [-0.2, -0.15) is 13.2 Å². The molecular formula is C27H22F3N5O3. The predicted molar refractivity (Wildman–Crippen MR) is 136 cm³/mol. The number of aromatic nitrogens is 3. The Hall–Kier alpha value is -4.80. The van der Waals surface area contributed by atoms with Gasteiger partial charge in [0.05, 0.1) is 5.56 Å². The number of nitrogens with two attached hydrogens (primary N) is 1. The lowest BCUT2D eigenvalue weighted by Crippen LogP contribution is -2.19. The van der Waals surface area contributed by atoms with Gasteiger partial charge in [0.15, 0.2) is 5.69 Å². The van der Waals surface area contributed by atoms with Crippen LogP contribution in [-0.2, 0) is 18.0 Å². The second kappa shape index (κ2) is 9.92. The lowest BCUT2D eigenvalue weighted by Gasteiger charge is -2.17. The Bertz CT molecular complexity index is 1640. The molecule has 0 unspecified atom stereocenters. The number of anilines is 1. The third-order valence-corrected chi connectivity index (χ3v) is 5.88. The summed E-state index contributed by atoms with van der Waals surface area (Å²) < 4.78 is 42.9. The monoisotopic (exact) mass is 521 g/mol. The molecule has 3 N–H and O–H groups in total. The van der Waals surface area contributed by atoms with Crippen molar-refractivity contribution >= 4 is 17.6 Å². The molecule has 0 spiro atoms. The van der Waals surface area contributed by atoms with Crippen molar-refractivity contribution in [3.8, 4) is 33.4 Å². The van der Waals surface area contributed by atoms with E-state index in [1.807, 2.05) is 0 Å². The van der Waals surface area contributed by atoms with Gasteiger partial charge in [0.2, 0.25) is 11.8 Å². The van der Waals surface area contributed by atoms with Crippen LogP contribution in [0.25, 0.3) is 33.4 Å². The second-order valence-corrected chi connectivity index (χ2v) is 8.64. The standard InChI is InChI=1S/C27H22F3N5O3/c1-14-4-5-17(23-19(25(31)37)7-9-33-24(23)27(28,29)30)10-20(14)18-11-21(26(38)35(3)13-18)16-6-8-32-22(12-16)34-15(2)36/h4-13H,1-3H3,(H2,31,37)(H,32,34,36). The van der Waals surface area contributed by atoms with E-state index in [4.69, 9.17) is 5.73 Å². The third-order valence-electron chi connectivity index (χ3n) is 5.88. The number of aryl methyl sites for hydroxylation is 2. The quantitative estimate of drug-likeness (QED) is 0.399. The summed E-state index contributed by atoms with van der Waals surface area (Å²) in [6.45, 7) is 3.11. The highest BCUT2D eigenvalue weighted by Gasteiger charge is 2.37. The van der Waals surface area contributed by atoms with Crippen LogP contribution in [-0.4, -0.2) is 26.3 Å². The number of carbonyl (C=O) groups is 2. The number of carbonyl (C=O) groups excluding carboxylic acids is 2. The molecule has 0 aliphatic rings. The van der Waals surface area contributed by atoms with E-state index in [1.54, 1.807) is 44.4 Å². The Labute approximate surface area is 215 Å². The van der Waals surface area contributed by atoms with Gasteiger partial charge >= 0.3 is 6.18 Å². The Kier molecular flexibility index (Phi) is 6.86. The maximum Gasteiger partial charge on any atom is 0.433 e. The third kappa shape index (κ3) is 5.17. The van der Waals surface area contributed by atoms with Crippen molar-refractivity contribution in [3.63, 3.8) is 0 Å². The minimum Gasteiger partial charge on any atom is -0.366 e. The normalized spacial score (nSPS) is 11.3. The molecule has 3 heterocycles. The number of nitrogens with zero attached hydrogens (tertiary/aromatic N) is 3. The van der Waals surface area contributed by atoms with Crippen LogP contribution in [0.15, 0.2) is 65.8 Å². The van der Waals surface area contributed by atoms with Gasteiger partial charge in [-0.25, -0.2) is 4.98 Å². The number of amides is 2. The number of hydrogen-bond acceptors (Lipinski definition) is 5. The molecule has 0 aliphatic heterocycles. The SMILES string of the molecule is CC(=O)Nc1cc(-c2cc(-c3cc(-c4c(C(N)=O)ccnc4C(F)(F)F)ccc3C)cn(C)c2=O)ccn1. The van der Waals surface area contributed by atoms with Gasteiger partial charge in [0.25, 0.3) is 5.56 Å². The average molecular weight is 521 g/mol. The molecular weight excluding hydrogens is 499 g/mol. The van der Waals surface area contributed by atoms with Gasteiger partial charge in [-0.3, -0.25) is 19.4 Å². The summed E-state index contributed by atoms with van der Waals surface area (Å²) in [6, 6.07) is 10.5. The fraction of sp³-hybridized carbons (Fsp3) is 0.148. The number of alkyl halides is 3. The van der Waals surface area contributed by atoms with Crippen LogP contribution in [0.1, 0.15) is 28.5 Å². The molecule has 0 fully saturated rings. The summed E-state index contributed by atoms with van der Waals surface area (Å²) in [5.74, 6) is -1.09. The molecule has 8 nitrogen and oxygen atoms in total. The summed E-state index contributed by atoms with van der Waals surface area (Å²) >= 11 is 0. The Morgan fingerprint density at radius 1 is 0.947 bits per heavy atom. The number of primary amides is 1. The highest BCUT2D eigenvalue weighted by molar-refractivity contribution is 6.01. The van der Waals surface area contributed by atoms with Gasteiger partial charge in [-0.05, 0) is 65.1 Å². The van der Waals surface area contributed by atoms with Gasteiger partial charge in [-0.15, -0.1) is 0 Å². The Morgan fingerprint density at radius 3 is 2.29 bits per heavy atom. The fourth-order valence-corrected chi connectivity index (χ4v) is 4.18. The first-order valence-electron chi connectivity index (χ1n) is 11.3. The van der Waals surface area contributed by atoms with E-state index < -0.39 is 23.3 Å². The van der Waals surface area contributed by atoms with Crippen molar-refractivity contribution in [2.75, 3.05) is 5.32 Å². The molecule has 0 bridgehead atoms. The lowest BCUT2D eigenvalue weighted by atomic mass is 9.91. The van der Waals surface area contributed by atoms with Gasteiger partial charge < -0.3 is 15.6 Å². The van der Waals surface area contributed by atoms with Crippen LogP contribution in [0.4, 0.5) is 19.0 Å². The first-order valence-corrected chi connectivity index (χ1v) is 11.3. The van der Waals surface area contributed by atoms with Crippen molar-refractivity contribution < 1.29 is 22.8 Å². The van der Waals surface area contributed by atoms with E-state index in [0.717, 1.165) is 12.3 Å². The first kappa shape index (κ1) is 26.3. The molecule has 0 saturated heterocycles. The zero-order chi connectivity index (χ0) is 27.8. The number of nitrogens with one attached hydrogen (secondary N) is 1. The van der Waals surface area contributed by atoms with E-state index in [1.165, 1.54) is 29.8 Å². The molecule has 3 aromatic heterocycles. The highest BCUT2D eigenvalue weighted by Crippen LogP contribution is 2.39. The highest BCUT2D eigenvalue weighted by atomic mass is 19.4. The molecule has 1 aromatic carbocycles. The Balaban J connectivity index is 1.93. The zero-order valence-corrected chi connectivity index (χ0v) is 20.6. The first-order chi connectivity index (χ1) is 17.9. The summed E-state index contributed by atoms with van der Waals surface area (Å²) in [5, 5.41) is 2.57. The van der Waals surface area contributed by atoms with E-state index in [-0.39, 0.29) is 28.4 Å². The van der Waals surface area contributed by atoms with Crippen LogP contribution < -0.4 is 16.6 Å². The van der Waals surface area contributed by atoms with Crippen LogP contribution in [0.5, 0.6) is 0 Å². The fourth-order valence-electron chi connectivity index (χ4n) is 4.18. The number of pyridine rings is 3. The molecule has 194 valence electrons. The van der Waals surface area contributed by atoms with Crippen molar-refractivity contribution in [1.82, 2.24) is 14.5 Å². The molecule has 11 heteroatoms. The molecule has 0 radical (unpaired) electrons. The molecule has 4 aromatic rings. The van der Waals surface area contributed by atoms with Crippen molar-refractivity contribution in [1.29, 1.82) is 0 Å². The summed E-state index contributed by atoms with van der Waals surface area (Å²) in [6.07, 6.45) is -0.922. The van der Waals surface area contributed by atoms with Gasteiger partial charge in [-0.1, -0.05) is 12.1 Å². The Morgan fingerprint density at radius 2 is 1.63 bits per heavy atom. The van der Waals surface area contributed by atoms with Crippen LogP contribution in [0.2, 0.25) is 0 Å². The van der Waals surface area contributed by atoms with Crippen LogP contribution in [0, 0.1) is 6.92 Å². The van der Waals surface area contributed by atoms with Crippen molar-refractivity contribution in [2.45, 2.75) is 20.0 Å². The van der Waals surface area contributed by atoms with E-state index in [0.29, 0.717) is 27.8 Å². The van der Waals surface area contributed by atoms with E-state index in [9.17, 15) is 27.6 Å². The largest absolute Gasteiger partial charge is 0.433 e. The van der Waals surface area contributed by atoms with Gasteiger partial charge in [0, 0.05) is 43.7 Å². The number of rotatable bonds is 5. The van der Waals surface area contributed by atoms with Crippen molar-refractivity contribution in [2.24, 2.45) is 12.8 Å². The lowest BCUT2D eigenvalue weighted by molar-refractivity contribution is -0.140. The number of halogens is 3. The summed E-state index contributed by atoms with van der Waals surface area (Å²) in [7, 11) is 1.55. The zero-order valence-electron chi connectivity index (χ0n) is 20.6. The summed E-state index contributed by atoms with van der Waals surface area (Å²) in [4.78, 5) is 44.0. The molecule has 4 rings (SSSR count). The summed E-state index contributed by atoms with van der Waals surface area (Å²) in [5.41, 5.74) is 5.76. The maximum atomic E-state index is 13.8. The predicted octanol–water partition coefficient (Wildman–Crippen LogP) is 4.56. The van der Waals surface area contributed by atoms with Crippen LogP contribution in [0.3, 0.4) is 0 Å². The average Bonchev–Trinajstić information content (AvgIpc) is 2.84. The van der Waals surface area contributed by atoms with E-state index in [2.05, 4.69) is 15.3 Å². The molecule has 38 heavy (non-hydrogen) atoms. The molecule has 0 aliphatic carbocycles. The van der Waals surface area contributed by atoms with Crippen LogP contribution >= 0.6 is 0 Å². The minimum atomic E-state index is -4.83. The number of hydrogen-bond donors (Lipinski definition) is 2.